The fourth-order valence-electron chi connectivity index (χ4n) is 2.48. The van der Waals surface area contributed by atoms with Crippen molar-refractivity contribution in [1.82, 2.24) is 4.98 Å². The molecule has 2 aromatic heterocycles. The van der Waals surface area contributed by atoms with Crippen LogP contribution >= 0.6 is 22.9 Å². The summed E-state index contributed by atoms with van der Waals surface area (Å²) in [7, 11) is 2.54. The van der Waals surface area contributed by atoms with Gasteiger partial charge in [0, 0.05) is 11.1 Å². The highest BCUT2D eigenvalue weighted by Crippen LogP contribution is 2.47. The molecule has 3 aromatic rings. The normalized spacial score (nSPS) is 11.1. The molecule has 8 heteroatoms. The standard InChI is InChI=1S/C16H12ClF2NO3S/c1-22-15-12(16(23-2)14(19)8(6-21)13(15)18)9-3-7-4-11(17)20-5-10(7)24-9/h3-5,21H,6H2,1-2H3. The molecule has 2 heterocycles. The molecule has 0 spiro atoms. The molecule has 0 aliphatic carbocycles. The number of aliphatic hydroxyl groups is 1. The van der Waals surface area contributed by atoms with Gasteiger partial charge >= 0.3 is 0 Å². The Kier molecular flexibility index (Phi) is 4.58. The molecule has 0 fully saturated rings. The van der Waals surface area contributed by atoms with Crippen molar-refractivity contribution in [2.45, 2.75) is 6.61 Å². The first-order valence-electron chi connectivity index (χ1n) is 6.79. The molecule has 1 N–H and O–H groups in total. The summed E-state index contributed by atoms with van der Waals surface area (Å²) >= 11 is 7.15. The number of aliphatic hydroxyl groups excluding tert-OH is 1. The number of benzene rings is 1. The Labute approximate surface area is 145 Å². The van der Waals surface area contributed by atoms with Gasteiger partial charge in [-0.05, 0) is 17.5 Å². The lowest BCUT2D eigenvalue weighted by atomic mass is 10.0. The number of pyridine rings is 1. The second-order valence-corrected chi connectivity index (χ2v) is 6.33. The van der Waals surface area contributed by atoms with Gasteiger partial charge < -0.3 is 14.6 Å². The molecule has 0 atom stereocenters. The predicted molar refractivity (Wildman–Crippen MR) is 89.0 cm³/mol. The van der Waals surface area contributed by atoms with Crippen molar-refractivity contribution < 1.29 is 23.4 Å². The van der Waals surface area contributed by atoms with Crippen LogP contribution in [0.4, 0.5) is 8.78 Å². The van der Waals surface area contributed by atoms with Crippen LogP contribution in [-0.4, -0.2) is 24.3 Å². The molecule has 0 saturated heterocycles. The molecule has 0 radical (unpaired) electrons. The molecule has 3 rings (SSSR count). The molecule has 1 aromatic carbocycles. The summed E-state index contributed by atoms with van der Waals surface area (Å²) in [6, 6.07) is 3.39. The Morgan fingerprint density at radius 3 is 2.33 bits per heavy atom. The van der Waals surface area contributed by atoms with Crippen LogP contribution in [0.5, 0.6) is 11.5 Å². The summed E-state index contributed by atoms with van der Waals surface area (Å²) in [6.45, 7) is -0.809. The molecule has 0 aliphatic heterocycles. The number of nitrogens with zero attached hydrogens (tertiary/aromatic N) is 1. The Hall–Kier alpha value is -1.96. The molecule has 0 amide bonds. The number of rotatable bonds is 4. The minimum Gasteiger partial charge on any atom is -0.493 e. The topological polar surface area (TPSA) is 51.6 Å². The maximum Gasteiger partial charge on any atom is 0.174 e. The highest BCUT2D eigenvalue weighted by molar-refractivity contribution is 7.22. The van der Waals surface area contributed by atoms with Crippen LogP contribution in [-0.2, 0) is 6.61 Å². The molecular weight excluding hydrogens is 360 g/mol. The minimum atomic E-state index is -0.957. The van der Waals surface area contributed by atoms with Crippen molar-refractivity contribution in [2.75, 3.05) is 14.2 Å². The third-order valence-corrected chi connectivity index (χ3v) is 4.88. The minimum absolute atomic E-state index is 0.143. The van der Waals surface area contributed by atoms with E-state index in [0.29, 0.717) is 10.0 Å². The highest BCUT2D eigenvalue weighted by atomic mass is 35.5. The Morgan fingerprint density at radius 1 is 1.17 bits per heavy atom. The monoisotopic (exact) mass is 371 g/mol. The quantitative estimate of drug-likeness (QED) is 0.690. The van der Waals surface area contributed by atoms with E-state index in [1.165, 1.54) is 25.6 Å². The van der Waals surface area contributed by atoms with Crippen LogP contribution in [0.3, 0.4) is 0 Å². The van der Waals surface area contributed by atoms with E-state index in [-0.39, 0.29) is 17.1 Å². The SMILES string of the molecule is COc1c(F)c(CO)c(F)c(OC)c1-c1cc2cc(Cl)ncc2s1. The van der Waals surface area contributed by atoms with Gasteiger partial charge in [0.25, 0.3) is 0 Å². The average Bonchev–Trinajstić information content (AvgIpc) is 2.97. The van der Waals surface area contributed by atoms with Gasteiger partial charge in [0.05, 0.1) is 36.7 Å². The van der Waals surface area contributed by atoms with Crippen molar-refractivity contribution in [1.29, 1.82) is 0 Å². The molecule has 0 bridgehead atoms. The molecule has 0 unspecified atom stereocenters. The lowest BCUT2D eigenvalue weighted by Crippen LogP contribution is -2.05. The number of aromatic nitrogens is 1. The van der Waals surface area contributed by atoms with E-state index in [1.54, 1.807) is 18.3 Å². The van der Waals surface area contributed by atoms with E-state index in [4.69, 9.17) is 21.1 Å². The van der Waals surface area contributed by atoms with Crippen LogP contribution < -0.4 is 9.47 Å². The molecule has 0 aliphatic rings. The number of fused-ring (bicyclic) bond motifs is 1. The van der Waals surface area contributed by atoms with Gasteiger partial charge in [-0.15, -0.1) is 11.3 Å². The van der Waals surface area contributed by atoms with Gasteiger partial charge in [-0.25, -0.2) is 13.8 Å². The highest BCUT2D eigenvalue weighted by Gasteiger charge is 2.27. The van der Waals surface area contributed by atoms with Gasteiger partial charge in [0.1, 0.15) is 5.15 Å². The van der Waals surface area contributed by atoms with Crippen LogP contribution in [0.2, 0.25) is 5.15 Å². The summed E-state index contributed by atoms with van der Waals surface area (Å²) < 4.78 is 40.1. The first-order chi connectivity index (χ1) is 11.5. The summed E-state index contributed by atoms with van der Waals surface area (Å²) in [6.07, 6.45) is 1.58. The van der Waals surface area contributed by atoms with E-state index in [0.717, 1.165) is 10.1 Å². The number of thiophene rings is 1. The second kappa shape index (κ2) is 6.51. The fraction of sp³-hybridized carbons (Fsp3) is 0.188. The number of hydrogen-bond acceptors (Lipinski definition) is 5. The zero-order valence-electron chi connectivity index (χ0n) is 12.7. The van der Waals surface area contributed by atoms with Crippen LogP contribution in [0.25, 0.3) is 20.5 Å². The maximum absolute atomic E-state index is 14.5. The van der Waals surface area contributed by atoms with E-state index in [2.05, 4.69) is 4.98 Å². The Morgan fingerprint density at radius 2 is 1.79 bits per heavy atom. The van der Waals surface area contributed by atoms with E-state index < -0.39 is 23.8 Å². The summed E-state index contributed by atoms with van der Waals surface area (Å²) in [5, 5.41) is 10.3. The predicted octanol–water partition coefficient (Wildman–Crippen LogP) is 4.40. The Balaban J connectivity index is 2.36. The zero-order valence-corrected chi connectivity index (χ0v) is 14.3. The third-order valence-electron chi connectivity index (χ3n) is 3.57. The van der Waals surface area contributed by atoms with Crippen molar-refractivity contribution in [3.05, 3.63) is 40.7 Å². The van der Waals surface area contributed by atoms with E-state index in [9.17, 15) is 13.9 Å². The van der Waals surface area contributed by atoms with Crippen molar-refractivity contribution in [3.63, 3.8) is 0 Å². The first kappa shape index (κ1) is 16.9. The fourth-order valence-corrected chi connectivity index (χ4v) is 3.70. The van der Waals surface area contributed by atoms with Gasteiger partial charge in [-0.1, -0.05) is 11.6 Å². The molecule has 4 nitrogen and oxygen atoms in total. The molecule has 126 valence electrons. The number of methoxy groups -OCH3 is 2. The van der Waals surface area contributed by atoms with Crippen molar-refractivity contribution in [3.8, 4) is 21.9 Å². The average molecular weight is 372 g/mol. The Bertz CT molecular complexity index is 898. The molecular formula is C16H12ClF2NO3S. The first-order valence-corrected chi connectivity index (χ1v) is 7.99. The van der Waals surface area contributed by atoms with E-state index >= 15 is 0 Å². The van der Waals surface area contributed by atoms with Gasteiger partial charge in [-0.3, -0.25) is 0 Å². The number of halogens is 3. The van der Waals surface area contributed by atoms with Crippen LogP contribution in [0.15, 0.2) is 18.3 Å². The van der Waals surface area contributed by atoms with E-state index in [1.807, 2.05) is 0 Å². The summed E-state index contributed by atoms with van der Waals surface area (Å²) in [4.78, 5) is 4.53. The molecule has 24 heavy (non-hydrogen) atoms. The number of hydrogen-bond donors (Lipinski definition) is 1. The van der Waals surface area contributed by atoms with Gasteiger partial charge in [0.2, 0.25) is 0 Å². The zero-order chi connectivity index (χ0) is 17.4. The summed E-state index contributed by atoms with van der Waals surface area (Å²) in [5.74, 6) is -2.30. The lowest BCUT2D eigenvalue weighted by Gasteiger charge is -2.16. The van der Waals surface area contributed by atoms with Crippen molar-refractivity contribution >= 4 is 33.0 Å². The van der Waals surface area contributed by atoms with Gasteiger partial charge in [0.15, 0.2) is 23.1 Å². The smallest absolute Gasteiger partial charge is 0.174 e. The van der Waals surface area contributed by atoms with Gasteiger partial charge in [-0.2, -0.15) is 0 Å². The van der Waals surface area contributed by atoms with Crippen LogP contribution in [0.1, 0.15) is 5.56 Å². The lowest BCUT2D eigenvalue weighted by molar-refractivity contribution is 0.261. The number of ether oxygens (including phenoxy) is 2. The second-order valence-electron chi connectivity index (χ2n) is 4.86. The summed E-state index contributed by atoms with van der Waals surface area (Å²) in [5.41, 5.74) is -0.359. The maximum atomic E-state index is 14.5. The molecule has 0 saturated carbocycles. The van der Waals surface area contributed by atoms with Crippen LogP contribution in [0, 0.1) is 11.6 Å². The largest absolute Gasteiger partial charge is 0.493 e. The third kappa shape index (κ3) is 2.58. The van der Waals surface area contributed by atoms with Crippen molar-refractivity contribution in [2.24, 2.45) is 0 Å².